The maximum atomic E-state index is 6.46. The monoisotopic (exact) mass is 378 g/mol. The Morgan fingerprint density at radius 1 is 1.16 bits per heavy atom. The van der Waals surface area contributed by atoms with Gasteiger partial charge >= 0.3 is 0 Å². The molecule has 3 rings (SSSR count). The van der Waals surface area contributed by atoms with Gasteiger partial charge in [-0.3, -0.25) is 0 Å². The van der Waals surface area contributed by atoms with Crippen molar-refractivity contribution in [2.45, 2.75) is 39.7 Å². The molecule has 0 spiro atoms. The summed E-state index contributed by atoms with van der Waals surface area (Å²) < 4.78 is 7.43. The van der Waals surface area contributed by atoms with E-state index in [0.29, 0.717) is 34.0 Å². The molecule has 2 heterocycles. The predicted molar refractivity (Wildman–Crippen MR) is 101 cm³/mol. The van der Waals surface area contributed by atoms with Crippen molar-refractivity contribution in [1.29, 1.82) is 0 Å². The molecule has 0 radical (unpaired) electrons. The van der Waals surface area contributed by atoms with Crippen LogP contribution >= 0.6 is 23.2 Å². The molecule has 0 unspecified atom stereocenters. The summed E-state index contributed by atoms with van der Waals surface area (Å²) in [5.41, 5.74) is 2.31. The number of methoxy groups -OCH3 is 1. The van der Waals surface area contributed by atoms with Crippen molar-refractivity contribution in [2.24, 2.45) is 0 Å². The van der Waals surface area contributed by atoms with Gasteiger partial charge in [0.15, 0.2) is 0 Å². The van der Waals surface area contributed by atoms with Gasteiger partial charge in [-0.25, -0.2) is 14.6 Å². The van der Waals surface area contributed by atoms with E-state index in [0.717, 1.165) is 36.2 Å². The van der Waals surface area contributed by atoms with Gasteiger partial charge in [0.2, 0.25) is 11.7 Å². The summed E-state index contributed by atoms with van der Waals surface area (Å²) in [5, 5.41) is 5.70. The fourth-order valence-corrected chi connectivity index (χ4v) is 3.31. The molecule has 0 bridgehead atoms. The molecule has 0 aliphatic carbocycles. The molecule has 0 aromatic heterocycles. The number of imidazole rings is 1. The molecule has 2 aliphatic rings. The van der Waals surface area contributed by atoms with E-state index in [-0.39, 0.29) is 0 Å². The number of hydrogen-bond acceptors (Lipinski definition) is 4. The van der Waals surface area contributed by atoms with E-state index in [2.05, 4.69) is 17.0 Å². The molecular formula is C18H20Cl2N4O. The molecule has 0 saturated heterocycles. The molecular weight excluding hydrogens is 359 g/mol. The fourth-order valence-electron chi connectivity index (χ4n) is 2.81. The number of nitrogens with zero attached hydrogens (tertiary/aromatic N) is 4. The molecule has 132 valence electrons. The summed E-state index contributed by atoms with van der Waals surface area (Å²) in [5.74, 6) is 2.02. The topological polar surface area (TPSA) is 52.8 Å². The first-order valence-corrected chi connectivity index (χ1v) is 9.11. The molecule has 2 aliphatic heterocycles. The fraction of sp³-hybridized carbons (Fsp3) is 0.389. The molecule has 1 aromatic carbocycles. The van der Waals surface area contributed by atoms with Crippen molar-refractivity contribution in [3.63, 3.8) is 0 Å². The van der Waals surface area contributed by atoms with Crippen LogP contribution in [-0.4, -0.2) is 26.9 Å². The van der Waals surface area contributed by atoms with E-state index in [1.54, 1.807) is 23.9 Å². The maximum absolute atomic E-state index is 6.46. The molecule has 5 nitrogen and oxygen atoms in total. The van der Waals surface area contributed by atoms with Gasteiger partial charge in [-0.05, 0) is 25.5 Å². The van der Waals surface area contributed by atoms with E-state index in [1.165, 1.54) is 0 Å². The summed E-state index contributed by atoms with van der Waals surface area (Å²) in [6.45, 7) is 4.80. The Balaban J connectivity index is 2.28. The van der Waals surface area contributed by atoms with Crippen LogP contribution in [0.15, 0.2) is 18.2 Å². The van der Waals surface area contributed by atoms with Gasteiger partial charge in [-0.1, -0.05) is 42.6 Å². The zero-order chi connectivity index (χ0) is 18.0. The van der Waals surface area contributed by atoms with Crippen LogP contribution in [-0.2, 0) is 13.0 Å². The van der Waals surface area contributed by atoms with Crippen LogP contribution in [0.4, 0.5) is 0 Å². The highest BCUT2D eigenvalue weighted by molar-refractivity contribution is 6.36. The number of ether oxygens (including phenoxy) is 1. The second-order valence-electron chi connectivity index (χ2n) is 5.74. The molecule has 0 fully saturated rings. The van der Waals surface area contributed by atoms with Crippen LogP contribution in [0.2, 0.25) is 10.0 Å². The van der Waals surface area contributed by atoms with Crippen molar-refractivity contribution in [1.82, 2.24) is 19.7 Å². The SMILES string of the molecule is CCCCc1nc2nn(CC)c(OC)c(-c3ccc(Cl)cc3Cl)c-2n1. The lowest BCUT2D eigenvalue weighted by molar-refractivity contribution is 0.357. The highest BCUT2D eigenvalue weighted by Gasteiger charge is 2.26. The Morgan fingerprint density at radius 2 is 1.96 bits per heavy atom. The third kappa shape index (κ3) is 3.44. The number of aromatic nitrogens is 4. The number of hydrogen-bond donors (Lipinski definition) is 0. The maximum Gasteiger partial charge on any atom is 0.220 e. The minimum atomic E-state index is 0.541. The van der Waals surface area contributed by atoms with Crippen LogP contribution in [0.25, 0.3) is 22.6 Å². The first-order valence-electron chi connectivity index (χ1n) is 8.35. The molecule has 1 aromatic rings. The quantitative estimate of drug-likeness (QED) is 0.596. The first-order chi connectivity index (χ1) is 12.1. The Morgan fingerprint density at radius 3 is 2.60 bits per heavy atom. The van der Waals surface area contributed by atoms with Gasteiger partial charge in [0.25, 0.3) is 0 Å². The van der Waals surface area contributed by atoms with Gasteiger partial charge < -0.3 is 4.74 Å². The highest BCUT2D eigenvalue weighted by atomic mass is 35.5. The lowest BCUT2D eigenvalue weighted by Crippen LogP contribution is -2.10. The molecule has 0 saturated carbocycles. The van der Waals surface area contributed by atoms with Gasteiger partial charge in [-0.15, -0.1) is 5.10 Å². The summed E-state index contributed by atoms with van der Waals surface area (Å²) in [4.78, 5) is 9.32. The van der Waals surface area contributed by atoms with E-state index in [1.807, 2.05) is 13.0 Å². The van der Waals surface area contributed by atoms with Crippen molar-refractivity contribution in [3.05, 3.63) is 34.1 Å². The lowest BCUT2D eigenvalue weighted by Gasteiger charge is -2.17. The number of halogens is 2. The standard InChI is InChI=1S/C18H20Cl2N4O/c1-4-6-7-14-21-16-15(12-9-8-11(19)10-13(12)20)18(25-3)24(5-2)23-17(16)22-14/h8-10H,4-7H2,1-3H3. The number of rotatable bonds is 6. The largest absolute Gasteiger partial charge is 0.481 e. The minimum Gasteiger partial charge on any atom is -0.481 e. The summed E-state index contributed by atoms with van der Waals surface area (Å²) in [6.07, 6.45) is 2.96. The molecule has 25 heavy (non-hydrogen) atoms. The zero-order valence-electron chi connectivity index (χ0n) is 14.5. The average molecular weight is 379 g/mol. The second-order valence-corrected chi connectivity index (χ2v) is 6.58. The van der Waals surface area contributed by atoms with Crippen LogP contribution in [0.3, 0.4) is 0 Å². The first kappa shape index (κ1) is 18.0. The number of benzene rings is 1. The van der Waals surface area contributed by atoms with Gasteiger partial charge in [-0.2, -0.15) is 0 Å². The Kier molecular flexibility index (Phi) is 5.45. The van der Waals surface area contributed by atoms with Crippen LogP contribution in [0.5, 0.6) is 5.88 Å². The molecule has 0 amide bonds. The van der Waals surface area contributed by atoms with Crippen LogP contribution < -0.4 is 4.74 Å². The minimum absolute atomic E-state index is 0.541. The Bertz CT molecular complexity index is 863. The Labute approximate surface area is 157 Å². The summed E-state index contributed by atoms with van der Waals surface area (Å²) in [6, 6.07) is 5.40. The van der Waals surface area contributed by atoms with Gasteiger partial charge in [0, 0.05) is 23.6 Å². The van der Waals surface area contributed by atoms with Crippen molar-refractivity contribution in [3.8, 4) is 28.5 Å². The highest BCUT2D eigenvalue weighted by Crippen LogP contribution is 2.42. The number of unbranched alkanes of at least 4 members (excludes halogenated alkanes) is 1. The second kappa shape index (κ2) is 7.58. The van der Waals surface area contributed by atoms with E-state index in [4.69, 9.17) is 32.9 Å². The average Bonchev–Trinajstić information content (AvgIpc) is 3.01. The third-order valence-electron chi connectivity index (χ3n) is 4.04. The summed E-state index contributed by atoms with van der Waals surface area (Å²) in [7, 11) is 1.62. The van der Waals surface area contributed by atoms with E-state index in [9.17, 15) is 0 Å². The molecule has 0 atom stereocenters. The van der Waals surface area contributed by atoms with Gasteiger partial charge in [0.05, 0.1) is 17.7 Å². The third-order valence-corrected chi connectivity index (χ3v) is 4.58. The molecule has 0 N–H and O–H groups in total. The molecule has 7 heteroatoms. The summed E-state index contributed by atoms with van der Waals surface area (Å²) >= 11 is 12.5. The van der Waals surface area contributed by atoms with E-state index >= 15 is 0 Å². The van der Waals surface area contributed by atoms with Crippen LogP contribution in [0.1, 0.15) is 32.5 Å². The van der Waals surface area contributed by atoms with Gasteiger partial charge in [0.1, 0.15) is 11.5 Å². The lowest BCUT2D eigenvalue weighted by atomic mass is 10.0. The number of aryl methyl sites for hydroxylation is 2. The Hall–Kier alpha value is -1.85. The van der Waals surface area contributed by atoms with E-state index < -0.39 is 0 Å². The van der Waals surface area contributed by atoms with Crippen LogP contribution in [0, 0.1) is 0 Å². The van der Waals surface area contributed by atoms with Crippen molar-refractivity contribution in [2.75, 3.05) is 7.11 Å². The number of fused-ring (bicyclic) bond motifs is 1. The predicted octanol–water partition coefficient (Wildman–Crippen LogP) is 5.12. The van der Waals surface area contributed by atoms with Crippen molar-refractivity contribution < 1.29 is 4.74 Å². The zero-order valence-corrected chi connectivity index (χ0v) is 16.0. The normalized spacial score (nSPS) is 11.2. The smallest absolute Gasteiger partial charge is 0.220 e. The van der Waals surface area contributed by atoms with Crippen molar-refractivity contribution >= 4 is 23.2 Å².